The summed E-state index contributed by atoms with van der Waals surface area (Å²) in [6.45, 7) is 6.18. The Morgan fingerprint density at radius 3 is 2.25 bits per heavy atom. The van der Waals surface area contributed by atoms with Crippen LogP contribution in [-0.2, 0) is 20.5 Å². The monoisotopic (exact) mass is 729 g/mol. The van der Waals surface area contributed by atoms with Crippen molar-refractivity contribution < 1.29 is 9.90 Å². The van der Waals surface area contributed by atoms with Crippen LogP contribution in [0.1, 0.15) is 62.6 Å². The number of carbonyl (C=O) groups excluding carboxylic acids is 1. The molecule has 276 valence electrons. The van der Waals surface area contributed by atoms with Crippen LogP contribution in [0.3, 0.4) is 0 Å². The maximum absolute atomic E-state index is 14.6. The van der Waals surface area contributed by atoms with Crippen molar-refractivity contribution in [3.05, 3.63) is 175 Å². The van der Waals surface area contributed by atoms with Crippen molar-refractivity contribution in [3.63, 3.8) is 0 Å². The Morgan fingerprint density at radius 1 is 0.764 bits per heavy atom. The lowest BCUT2D eigenvalue weighted by atomic mass is 9.79. The molecule has 3 heterocycles. The number of amides is 1. The number of fused-ring (bicyclic) bond motifs is 4. The first-order chi connectivity index (χ1) is 26.5. The molecule has 55 heavy (non-hydrogen) atoms. The maximum atomic E-state index is 14.6. The van der Waals surface area contributed by atoms with Gasteiger partial charge in [0, 0.05) is 66.2 Å². The molecular weight excluding hydrogens is 687 g/mol. The van der Waals surface area contributed by atoms with Crippen LogP contribution in [0.2, 0.25) is 0 Å². The first kappa shape index (κ1) is 35.5. The molecule has 0 unspecified atom stereocenters. The molecule has 9 heteroatoms. The molecule has 8 rings (SSSR count). The van der Waals surface area contributed by atoms with Crippen molar-refractivity contribution in [2.24, 2.45) is 19.1 Å². The quantitative estimate of drug-likeness (QED) is 0.164. The van der Waals surface area contributed by atoms with Crippen LogP contribution in [0.4, 0.5) is 0 Å². The van der Waals surface area contributed by atoms with Gasteiger partial charge >= 0.3 is 5.69 Å². The number of hydrogen-bond donors (Lipinski definition) is 1. The second-order valence-electron chi connectivity index (χ2n) is 14.6. The van der Waals surface area contributed by atoms with Crippen LogP contribution in [-0.4, -0.2) is 48.4 Å². The van der Waals surface area contributed by atoms with Gasteiger partial charge in [-0.1, -0.05) is 90.5 Å². The van der Waals surface area contributed by atoms with E-state index in [1.54, 1.807) is 13.0 Å². The predicted molar refractivity (Wildman–Crippen MR) is 219 cm³/mol. The summed E-state index contributed by atoms with van der Waals surface area (Å²) >= 11 is 0. The van der Waals surface area contributed by atoms with Gasteiger partial charge in [0.2, 0.25) is 5.88 Å². The number of para-hydroxylation sites is 1. The normalized spacial score (nSPS) is 15.9. The zero-order valence-electron chi connectivity index (χ0n) is 31.7. The van der Waals surface area contributed by atoms with Crippen LogP contribution >= 0.6 is 0 Å². The smallest absolute Gasteiger partial charge is 0.338 e. The van der Waals surface area contributed by atoms with E-state index in [0.717, 1.165) is 58.8 Å². The highest BCUT2D eigenvalue weighted by Crippen LogP contribution is 2.44. The molecule has 0 radical (unpaired) electrons. The van der Waals surface area contributed by atoms with Crippen molar-refractivity contribution in [2.45, 2.75) is 39.2 Å². The Labute approximate surface area is 319 Å². The predicted octanol–water partition coefficient (Wildman–Crippen LogP) is 7.54. The fourth-order valence-corrected chi connectivity index (χ4v) is 8.40. The Hall–Kier alpha value is -6.48. The van der Waals surface area contributed by atoms with Gasteiger partial charge in [-0.3, -0.25) is 19.1 Å². The summed E-state index contributed by atoms with van der Waals surface area (Å²) < 4.78 is 4.38. The number of aliphatic imine (C=N–C) groups is 1. The fourth-order valence-electron chi connectivity index (χ4n) is 8.40. The topological polar surface area (TPSA) is 102 Å². The van der Waals surface area contributed by atoms with Gasteiger partial charge in [0.25, 0.3) is 11.5 Å². The van der Waals surface area contributed by atoms with Crippen molar-refractivity contribution in [1.82, 2.24) is 18.6 Å². The Morgan fingerprint density at radius 2 is 1.47 bits per heavy atom. The molecule has 0 saturated heterocycles. The largest absolute Gasteiger partial charge is 0.494 e. The summed E-state index contributed by atoms with van der Waals surface area (Å²) in [6, 6.07) is 37.8. The van der Waals surface area contributed by atoms with Crippen LogP contribution in [0.15, 0.2) is 130 Å². The van der Waals surface area contributed by atoms with Gasteiger partial charge in [-0.25, -0.2) is 9.36 Å². The third kappa shape index (κ3) is 6.06. The van der Waals surface area contributed by atoms with E-state index >= 15 is 0 Å². The van der Waals surface area contributed by atoms with Gasteiger partial charge in [0.05, 0.1) is 11.7 Å². The summed E-state index contributed by atoms with van der Waals surface area (Å²) in [7, 11) is 3.51. The molecule has 1 aliphatic rings. The molecule has 0 spiro atoms. The molecule has 9 nitrogen and oxygen atoms in total. The summed E-state index contributed by atoms with van der Waals surface area (Å²) in [5.74, 6) is -0.791. The molecule has 2 atom stereocenters. The molecule has 0 bridgehead atoms. The summed E-state index contributed by atoms with van der Waals surface area (Å²) in [5, 5.41) is 13.5. The number of rotatable bonds is 8. The number of aromatic hydroxyl groups is 1. The summed E-state index contributed by atoms with van der Waals surface area (Å²) in [5.41, 5.74) is 7.01. The molecule has 7 aromatic rings. The van der Waals surface area contributed by atoms with Crippen LogP contribution in [0.5, 0.6) is 5.88 Å². The highest BCUT2D eigenvalue weighted by atomic mass is 16.3. The number of aryl methyl sites for hydroxylation is 3. The molecule has 1 aliphatic heterocycles. The van der Waals surface area contributed by atoms with E-state index in [1.807, 2.05) is 85.5 Å². The molecule has 0 saturated carbocycles. The van der Waals surface area contributed by atoms with Crippen LogP contribution < -0.4 is 11.2 Å². The maximum Gasteiger partial charge on any atom is 0.338 e. The molecule has 5 aromatic carbocycles. The summed E-state index contributed by atoms with van der Waals surface area (Å²) in [6.07, 6.45) is 0.667. The Kier molecular flexibility index (Phi) is 9.09. The third-order valence-corrected chi connectivity index (χ3v) is 11.2. The van der Waals surface area contributed by atoms with Gasteiger partial charge in [-0.2, -0.15) is 0 Å². The highest BCUT2D eigenvalue weighted by molar-refractivity contribution is 6.08. The minimum atomic E-state index is -0.649. The van der Waals surface area contributed by atoms with Crippen molar-refractivity contribution >= 4 is 33.4 Å². The zero-order chi connectivity index (χ0) is 38.5. The van der Waals surface area contributed by atoms with E-state index < -0.39 is 23.2 Å². The summed E-state index contributed by atoms with van der Waals surface area (Å²) in [4.78, 5) is 49.2. The SMILES string of the molecule is CC(=NC[C@H]1c2ccccc2C(=O)N(CCc2ccccc2)[C@@H]1c1ccc2c(c1)c1ccccc1n2C)c1c(O)n(C)c(=O)n(-c2ccc(C)cc2C)c1=O. The lowest BCUT2D eigenvalue weighted by Crippen LogP contribution is -2.44. The lowest BCUT2D eigenvalue weighted by molar-refractivity contribution is 0.0614. The van der Waals surface area contributed by atoms with E-state index in [0.29, 0.717) is 29.9 Å². The van der Waals surface area contributed by atoms with E-state index in [-0.39, 0.29) is 23.9 Å². The van der Waals surface area contributed by atoms with Crippen molar-refractivity contribution in [1.29, 1.82) is 0 Å². The van der Waals surface area contributed by atoms with Crippen molar-refractivity contribution in [3.8, 4) is 11.6 Å². The van der Waals surface area contributed by atoms with Gasteiger partial charge in [0.15, 0.2) is 0 Å². The average molecular weight is 730 g/mol. The van der Waals surface area contributed by atoms with Crippen molar-refractivity contribution in [2.75, 3.05) is 13.1 Å². The Bertz CT molecular complexity index is 2790. The molecular formula is C46H43N5O4. The fraction of sp³-hybridized carbons (Fsp3) is 0.217. The lowest BCUT2D eigenvalue weighted by Gasteiger charge is -2.42. The number of aromatic nitrogens is 3. The third-order valence-electron chi connectivity index (χ3n) is 11.2. The number of nitrogens with zero attached hydrogens (tertiary/aromatic N) is 5. The van der Waals surface area contributed by atoms with Gasteiger partial charge in [0.1, 0.15) is 5.56 Å². The van der Waals surface area contributed by atoms with E-state index in [2.05, 4.69) is 54.1 Å². The molecule has 2 aromatic heterocycles. The zero-order valence-corrected chi connectivity index (χ0v) is 31.7. The Balaban J connectivity index is 1.28. The average Bonchev–Trinajstić information content (AvgIpc) is 3.48. The van der Waals surface area contributed by atoms with E-state index in [9.17, 15) is 19.5 Å². The van der Waals surface area contributed by atoms with Crippen LogP contribution in [0, 0.1) is 13.8 Å². The van der Waals surface area contributed by atoms with Gasteiger partial charge in [-0.05, 0) is 79.8 Å². The molecule has 0 aliphatic carbocycles. The minimum Gasteiger partial charge on any atom is -0.494 e. The highest BCUT2D eigenvalue weighted by Gasteiger charge is 2.40. The van der Waals surface area contributed by atoms with E-state index in [1.165, 1.54) is 7.05 Å². The number of hydrogen-bond acceptors (Lipinski definition) is 5. The second-order valence-corrected chi connectivity index (χ2v) is 14.6. The number of benzene rings is 5. The van der Waals surface area contributed by atoms with E-state index in [4.69, 9.17) is 4.99 Å². The molecule has 0 fully saturated rings. The standard InChI is InChI=1S/C46H43N5O4/c1-28-19-21-38(29(2)25-28)51-45(54)41(44(53)49(5)46(51)55)30(3)47-27-37-33-15-9-10-17-35(33)43(52)50(24-23-31-13-7-6-8-14-31)42(37)32-20-22-40-36(26-32)34-16-11-12-18-39(34)48(40)4/h6-22,25-26,37,42,53H,23-24,27H2,1-5H3/t37-,42+/m0/s1. The minimum absolute atomic E-state index is 0.0430. The molecule has 1 N–H and O–H groups in total. The first-order valence-corrected chi connectivity index (χ1v) is 18.6. The molecule has 1 amide bonds. The second kappa shape index (κ2) is 14.1. The van der Waals surface area contributed by atoms with Crippen LogP contribution in [0.25, 0.3) is 27.5 Å². The van der Waals surface area contributed by atoms with Gasteiger partial charge < -0.3 is 14.6 Å². The van der Waals surface area contributed by atoms with Gasteiger partial charge in [-0.15, -0.1) is 0 Å². The first-order valence-electron chi connectivity index (χ1n) is 18.6. The number of carbonyl (C=O) groups is 1.